The Morgan fingerprint density at radius 2 is 2.08 bits per heavy atom. The summed E-state index contributed by atoms with van der Waals surface area (Å²) in [6.45, 7) is 1.74. The molecule has 0 spiro atoms. The van der Waals surface area contributed by atoms with Crippen molar-refractivity contribution in [2.24, 2.45) is 0 Å². The number of para-hydroxylation sites is 1. The van der Waals surface area contributed by atoms with Crippen molar-refractivity contribution in [3.8, 4) is 5.75 Å². The third-order valence-electron chi connectivity index (χ3n) is 2.07. The number of hydrogen-bond acceptors (Lipinski definition) is 2. The van der Waals surface area contributed by atoms with Crippen molar-refractivity contribution in [3.63, 3.8) is 0 Å². The van der Waals surface area contributed by atoms with Crippen molar-refractivity contribution in [3.05, 3.63) is 29.8 Å². The molecule has 1 amide bonds. The summed E-state index contributed by atoms with van der Waals surface area (Å²) >= 11 is 0. The summed E-state index contributed by atoms with van der Waals surface area (Å²) < 4.78 is 5.10. The van der Waals surface area contributed by atoms with E-state index in [0.717, 1.165) is 13.1 Å². The molecule has 0 radical (unpaired) electrons. The molecule has 0 N–H and O–H groups in total. The Morgan fingerprint density at radius 3 is 2.69 bits per heavy atom. The predicted molar refractivity (Wildman–Crippen MR) is 48.9 cm³/mol. The van der Waals surface area contributed by atoms with Gasteiger partial charge in [-0.25, -0.2) is 0 Å². The average Bonchev–Trinajstić information content (AvgIpc) is 3.00. The van der Waals surface area contributed by atoms with Crippen molar-refractivity contribution in [2.75, 3.05) is 20.2 Å². The van der Waals surface area contributed by atoms with Gasteiger partial charge in [-0.05, 0) is 12.1 Å². The van der Waals surface area contributed by atoms with E-state index in [1.807, 2.05) is 12.1 Å². The molecule has 1 saturated heterocycles. The molecular formula is C10H11NO2. The van der Waals surface area contributed by atoms with E-state index in [4.69, 9.17) is 4.74 Å². The lowest BCUT2D eigenvalue weighted by molar-refractivity contribution is 0.0882. The van der Waals surface area contributed by atoms with E-state index >= 15 is 0 Å². The highest BCUT2D eigenvalue weighted by Crippen LogP contribution is 2.21. The topological polar surface area (TPSA) is 29.3 Å². The zero-order chi connectivity index (χ0) is 9.26. The summed E-state index contributed by atoms with van der Waals surface area (Å²) in [7, 11) is 1.58. The highest BCUT2D eigenvalue weighted by molar-refractivity contribution is 5.98. The molecule has 2 rings (SSSR count). The van der Waals surface area contributed by atoms with Crippen molar-refractivity contribution in [2.45, 2.75) is 0 Å². The van der Waals surface area contributed by atoms with Crippen LogP contribution >= 0.6 is 0 Å². The fraction of sp³-hybridized carbons (Fsp3) is 0.300. The maximum Gasteiger partial charge on any atom is 0.257 e. The monoisotopic (exact) mass is 177 g/mol. The zero-order valence-electron chi connectivity index (χ0n) is 7.49. The summed E-state index contributed by atoms with van der Waals surface area (Å²) in [4.78, 5) is 13.4. The fourth-order valence-corrected chi connectivity index (χ4v) is 1.24. The van der Waals surface area contributed by atoms with E-state index in [2.05, 4.69) is 0 Å². The van der Waals surface area contributed by atoms with Gasteiger partial charge < -0.3 is 9.64 Å². The van der Waals surface area contributed by atoms with Crippen molar-refractivity contribution < 1.29 is 9.53 Å². The van der Waals surface area contributed by atoms with E-state index in [9.17, 15) is 4.79 Å². The average molecular weight is 177 g/mol. The molecule has 0 aromatic heterocycles. The number of hydrogen-bond donors (Lipinski definition) is 0. The first-order valence-corrected chi connectivity index (χ1v) is 4.25. The molecule has 1 aromatic carbocycles. The second kappa shape index (κ2) is 3.09. The highest BCUT2D eigenvalue weighted by Gasteiger charge is 2.26. The largest absolute Gasteiger partial charge is 0.496 e. The third-order valence-corrected chi connectivity index (χ3v) is 2.07. The van der Waals surface area contributed by atoms with Crippen molar-refractivity contribution >= 4 is 5.91 Å². The van der Waals surface area contributed by atoms with Gasteiger partial charge in [-0.1, -0.05) is 12.1 Å². The van der Waals surface area contributed by atoms with Gasteiger partial charge in [0.2, 0.25) is 0 Å². The summed E-state index contributed by atoms with van der Waals surface area (Å²) in [5, 5.41) is 0. The number of ether oxygens (including phenoxy) is 1. The van der Waals surface area contributed by atoms with Gasteiger partial charge in [0.25, 0.3) is 5.91 Å². The molecule has 0 bridgehead atoms. The van der Waals surface area contributed by atoms with Gasteiger partial charge in [0.1, 0.15) is 5.75 Å². The van der Waals surface area contributed by atoms with Crippen LogP contribution in [-0.4, -0.2) is 31.0 Å². The molecule has 1 aliphatic rings. The first-order chi connectivity index (χ1) is 6.33. The van der Waals surface area contributed by atoms with Crippen LogP contribution in [0.1, 0.15) is 10.4 Å². The lowest BCUT2D eigenvalue weighted by atomic mass is 10.2. The molecule has 0 aliphatic carbocycles. The smallest absolute Gasteiger partial charge is 0.257 e. The van der Waals surface area contributed by atoms with Gasteiger partial charge in [0, 0.05) is 13.1 Å². The molecule has 0 unspecified atom stereocenters. The minimum atomic E-state index is 0.0671. The minimum absolute atomic E-state index is 0.0671. The second-order valence-corrected chi connectivity index (χ2v) is 2.99. The fourth-order valence-electron chi connectivity index (χ4n) is 1.24. The lowest BCUT2D eigenvalue weighted by Gasteiger charge is -2.06. The van der Waals surface area contributed by atoms with Crippen LogP contribution in [0.2, 0.25) is 0 Å². The highest BCUT2D eigenvalue weighted by atomic mass is 16.5. The number of carbonyl (C=O) groups excluding carboxylic acids is 1. The van der Waals surface area contributed by atoms with E-state index in [0.29, 0.717) is 11.3 Å². The molecule has 0 atom stereocenters. The van der Waals surface area contributed by atoms with Crippen LogP contribution in [-0.2, 0) is 0 Å². The molecule has 1 aromatic rings. The summed E-state index contributed by atoms with van der Waals surface area (Å²) in [5.74, 6) is 0.719. The van der Waals surface area contributed by atoms with E-state index in [1.54, 1.807) is 24.1 Å². The van der Waals surface area contributed by atoms with Crippen molar-refractivity contribution in [1.29, 1.82) is 0 Å². The van der Waals surface area contributed by atoms with Crippen LogP contribution in [0.15, 0.2) is 24.3 Å². The Morgan fingerprint density at radius 1 is 1.38 bits per heavy atom. The molecular weight excluding hydrogens is 166 g/mol. The van der Waals surface area contributed by atoms with Gasteiger partial charge in [0.15, 0.2) is 0 Å². The first-order valence-electron chi connectivity index (χ1n) is 4.25. The molecule has 3 nitrogen and oxygen atoms in total. The van der Waals surface area contributed by atoms with E-state index < -0.39 is 0 Å². The lowest BCUT2D eigenvalue weighted by Crippen LogP contribution is -2.11. The molecule has 3 heteroatoms. The van der Waals surface area contributed by atoms with Crippen LogP contribution in [0.3, 0.4) is 0 Å². The maximum atomic E-state index is 11.6. The zero-order valence-corrected chi connectivity index (χ0v) is 7.49. The number of amides is 1. The quantitative estimate of drug-likeness (QED) is 0.634. The normalized spacial score (nSPS) is 14.1. The Labute approximate surface area is 76.9 Å². The third kappa shape index (κ3) is 1.49. The SMILES string of the molecule is COc1ccccc1C(=O)N1CC1. The molecule has 1 heterocycles. The standard InChI is InChI=1S/C10H11NO2/c1-13-9-5-3-2-4-8(9)10(12)11-6-7-11/h2-5H,6-7H2,1H3. The Kier molecular flexibility index (Phi) is 1.93. The van der Waals surface area contributed by atoms with Gasteiger partial charge >= 0.3 is 0 Å². The molecule has 1 aliphatic heterocycles. The summed E-state index contributed by atoms with van der Waals surface area (Å²) in [5.41, 5.74) is 0.655. The van der Waals surface area contributed by atoms with E-state index in [1.165, 1.54) is 0 Å². The van der Waals surface area contributed by atoms with Crippen LogP contribution in [0, 0.1) is 0 Å². The number of benzene rings is 1. The van der Waals surface area contributed by atoms with Crippen LogP contribution < -0.4 is 4.74 Å². The minimum Gasteiger partial charge on any atom is -0.496 e. The number of nitrogens with zero attached hydrogens (tertiary/aromatic N) is 1. The van der Waals surface area contributed by atoms with Gasteiger partial charge in [-0.3, -0.25) is 4.79 Å². The van der Waals surface area contributed by atoms with Gasteiger partial charge in [0.05, 0.1) is 12.7 Å². The number of rotatable bonds is 2. The molecule has 1 fully saturated rings. The molecule has 13 heavy (non-hydrogen) atoms. The summed E-state index contributed by atoms with van der Waals surface area (Å²) in [6.07, 6.45) is 0. The Balaban J connectivity index is 2.31. The molecule has 0 saturated carbocycles. The first kappa shape index (κ1) is 8.10. The van der Waals surface area contributed by atoms with Crippen LogP contribution in [0.5, 0.6) is 5.75 Å². The van der Waals surface area contributed by atoms with Crippen molar-refractivity contribution in [1.82, 2.24) is 4.90 Å². The van der Waals surface area contributed by atoms with E-state index in [-0.39, 0.29) is 5.91 Å². The Bertz CT molecular complexity index is 331. The Hall–Kier alpha value is -1.51. The predicted octanol–water partition coefficient (Wildman–Crippen LogP) is 1.15. The second-order valence-electron chi connectivity index (χ2n) is 2.99. The maximum absolute atomic E-state index is 11.6. The van der Waals surface area contributed by atoms with Crippen LogP contribution in [0.25, 0.3) is 0 Å². The number of carbonyl (C=O) groups is 1. The van der Waals surface area contributed by atoms with Gasteiger partial charge in [-0.15, -0.1) is 0 Å². The number of methoxy groups -OCH3 is 1. The van der Waals surface area contributed by atoms with Crippen LogP contribution in [0.4, 0.5) is 0 Å². The summed E-state index contributed by atoms with van der Waals surface area (Å²) in [6, 6.07) is 7.30. The molecule has 68 valence electrons. The van der Waals surface area contributed by atoms with Gasteiger partial charge in [-0.2, -0.15) is 0 Å².